The predicted octanol–water partition coefficient (Wildman–Crippen LogP) is 5.65. The molecule has 0 spiro atoms. The van der Waals surface area contributed by atoms with Gasteiger partial charge in [0.2, 0.25) is 0 Å². The first-order valence-corrected chi connectivity index (χ1v) is 10.2. The van der Waals surface area contributed by atoms with Crippen LogP contribution in [0.2, 0.25) is 0 Å². The normalized spacial score (nSPS) is 22.0. The molecular weight excluding hydrogens is 312 g/mol. The Labute approximate surface area is 145 Å². The molecule has 2 N–H and O–H groups in total. The van der Waals surface area contributed by atoms with Crippen molar-refractivity contribution in [2.75, 3.05) is 0 Å². The third kappa shape index (κ3) is 8.21. The lowest BCUT2D eigenvalue weighted by Crippen LogP contribution is -2.07. The van der Waals surface area contributed by atoms with Crippen molar-refractivity contribution in [3.8, 4) is 0 Å². The van der Waals surface area contributed by atoms with Crippen LogP contribution in [-0.4, -0.2) is 21.2 Å². The Balaban J connectivity index is 1.36. The molecule has 0 aromatic heterocycles. The molecule has 5 heteroatoms. The first kappa shape index (κ1) is 19.5. The molecule has 0 heterocycles. The Morgan fingerprint density at radius 3 is 2.04 bits per heavy atom. The number of aliphatic hydroxyl groups excluding tert-OH is 1. The number of aliphatic hydroxyl groups is 1. The lowest BCUT2D eigenvalue weighted by molar-refractivity contribution is -0.432. The van der Waals surface area contributed by atoms with Gasteiger partial charge in [-0.05, 0) is 56.8 Å². The zero-order valence-corrected chi connectivity index (χ0v) is 15.4. The molecular formula is C18H34O4S. The second-order valence-corrected chi connectivity index (χ2v) is 9.24. The second-order valence-electron chi connectivity index (χ2n) is 8.07. The lowest BCUT2D eigenvalue weighted by atomic mass is 9.98. The quantitative estimate of drug-likeness (QED) is 0.174. The molecule has 1 atom stereocenters. The number of rotatable bonds is 15. The highest BCUT2D eigenvalue weighted by atomic mass is 32.2. The van der Waals surface area contributed by atoms with Gasteiger partial charge in [0.25, 0.3) is 0 Å². The zero-order chi connectivity index (χ0) is 16.6. The Bertz CT molecular complexity index is 329. The number of unbranched alkanes of at least 4 members (excludes halogenated alkanes) is 4. The maximum Gasteiger partial charge on any atom is 0.0540 e. The minimum atomic E-state index is -0.109. The summed E-state index contributed by atoms with van der Waals surface area (Å²) in [5.41, 5.74) is 0.685. The second kappa shape index (κ2) is 9.62. The van der Waals surface area contributed by atoms with E-state index >= 15 is 0 Å². The Kier molecular flexibility index (Phi) is 8.16. The van der Waals surface area contributed by atoms with E-state index in [9.17, 15) is 5.11 Å². The molecule has 23 heavy (non-hydrogen) atoms. The average Bonchev–Trinajstić information content (AvgIpc) is 3.44. The van der Waals surface area contributed by atoms with Gasteiger partial charge in [0.15, 0.2) is 0 Å². The first-order chi connectivity index (χ1) is 11.1. The minimum absolute atomic E-state index is 0.109. The fourth-order valence-corrected chi connectivity index (χ4v) is 3.99. The van der Waals surface area contributed by atoms with Gasteiger partial charge < -0.3 is 5.11 Å². The molecule has 0 aromatic rings. The molecule has 136 valence electrons. The Morgan fingerprint density at radius 1 is 0.913 bits per heavy atom. The van der Waals surface area contributed by atoms with Crippen LogP contribution in [0, 0.1) is 5.41 Å². The summed E-state index contributed by atoms with van der Waals surface area (Å²) < 4.78 is 4.76. The van der Waals surface area contributed by atoms with E-state index in [1.807, 2.05) is 0 Å². The molecule has 0 radical (unpaired) electrons. The van der Waals surface area contributed by atoms with E-state index in [1.165, 1.54) is 50.6 Å². The van der Waals surface area contributed by atoms with E-state index in [0.717, 1.165) is 51.4 Å². The molecule has 0 aromatic carbocycles. The third-order valence-electron chi connectivity index (χ3n) is 5.64. The van der Waals surface area contributed by atoms with Gasteiger partial charge in [-0.1, -0.05) is 50.5 Å². The van der Waals surface area contributed by atoms with Crippen molar-refractivity contribution in [2.45, 2.75) is 108 Å². The van der Waals surface area contributed by atoms with Crippen molar-refractivity contribution >= 4 is 12.0 Å². The van der Waals surface area contributed by atoms with Gasteiger partial charge in [0.05, 0.1) is 6.10 Å². The summed E-state index contributed by atoms with van der Waals surface area (Å²) in [5, 5.41) is 21.9. The molecule has 2 aliphatic carbocycles. The largest absolute Gasteiger partial charge is 0.393 e. The van der Waals surface area contributed by atoms with E-state index < -0.39 is 0 Å². The summed E-state index contributed by atoms with van der Waals surface area (Å²) in [6, 6.07) is 0. The summed E-state index contributed by atoms with van der Waals surface area (Å²) in [6.07, 6.45) is 16.6. The van der Waals surface area contributed by atoms with Crippen molar-refractivity contribution in [2.24, 2.45) is 5.41 Å². The van der Waals surface area contributed by atoms with Crippen molar-refractivity contribution < 1.29 is 19.7 Å². The van der Waals surface area contributed by atoms with Gasteiger partial charge in [0, 0.05) is 16.8 Å². The lowest BCUT2D eigenvalue weighted by Gasteiger charge is -2.13. The molecule has 0 saturated heterocycles. The summed E-state index contributed by atoms with van der Waals surface area (Å²) in [7, 11) is 0. The molecule has 0 bridgehead atoms. The maximum absolute atomic E-state index is 10.0. The molecule has 2 aliphatic rings. The summed E-state index contributed by atoms with van der Waals surface area (Å²) in [5.74, 6) is 0. The minimum Gasteiger partial charge on any atom is -0.393 e. The van der Waals surface area contributed by atoms with Crippen LogP contribution in [0.15, 0.2) is 0 Å². The predicted molar refractivity (Wildman–Crippen MR) is 93.9 cm³/mol. The molecule has 2 rings (SSSR count). The highest BCUT2D eigenvalue weighted by Crippen LogP contribution is 2.52. The molecule has 1 unspecified atom stereocenters. The molecule has 2 fully saturated rings. The zero-order valence-electron chi connectivity index (χ0n) is 14.6. The SMILES string of the molecule is CC1(CCCCCC(O)CCCCCC2(SOOO)CC2)CC1. The summed E-state index contributed by atoms with van der Waals surface area (Å²) >= 11 is 1.25. The fourth-order valence-electron chi connectivity index (χ4n) is 3.32. The maximum atomic E-state index is 10.0. The van der Waals surface area contributed by atoms with Crippen LogP contribution in [0.4, 0.5) is 0 Å². The monoisotopic (exact) mass is 346 g/mol. The number of hydrogen-bond acceptors (Lipinski definition) is 5. The van der Waals surface area contributed by atoms with E-state index in [1.54, 1.807) is 0 Å². The molecule has 0 aliphatic heterocycles. The average molecular weight is 347 g/mol. The highest BCUT2D eigenvalue weighted by Gasteiger charge is 2.44. The van der Waals surface area contributed by atoms with Gasteiger partial charge in [-0.25, -0.2) is 5.26 Å². The third-order valence-corrected chi connectivity index (χ3v) is 6.73. The molecule has 4 nitrogen and oxygen atoms in total. The van der Waals surface area contributed by atoms with Gasteiger partial charge in [-0.3, -0.25) is 0 Å². The van der Waals surface area contributed by atoms with Crippen molar-refractivity contribution in [3.63, 3.8) is 0 Å². The van der Waals surface area contributed by atoms with E-state index in [0.29, 0.717) is 5.41 Å². The highest BCUT2D eigenvalue weighted by molar-refractivity contribution is 7.96. The van der Waals surface area contributed by atoms with Gasteiger partial charge in [-0.15, -0.1) is 4.33 Å². The van der Waals surface area contributed by atoms with Gasteiger partial charge >= 0.3 is 0 Å². The summed E-state index contributed by atoms with van der Waals surface area (Å²) in [6.45, 7) is 2.40. The van der Waals surface area contributed by atoms with Crippen molar-refractivity contribution in [1.29, 1.82) is 0 Å². The van der Waals surface area contributed by atoms with Crippen LogP contribution in [0.25, 0.3) is 0 Å². The topological polar surface area (TPSA) is 58.9 Å². The van der Waals surface area contributed by atoms with Gasteiger partial charge in [-0.2, -0.15) is 0 Å². The number of hydrogen-bond donors (Lipinski definition) is 2. The smallest absolute Gasteiger partial charge is 0.0540 e. The van der Waals surface area contributed by atoms with Crippen molar-refractivity contribution in [3.05, 3.63) is 0 Å². The van der Waals surface area contributed by atoms with Crippen LogP contribution in [-0.2, 0) is 9.37 Å². The van der Waals surface area contributed by atoms with Gasteiger partial charge in [0.1, 0.15) is 0 Å². The Morgan fingerprint density at radius 2 is 1.52 bits per heavy atom. The molecule has 2 saturated carbocycles. The molecule has 0 amide bonds. The Hall–Kier alpha value is 0.190. The van der Waals surface area contributed by atoms with Crippen LogP contribution < -0.4 is 0 Å². The van der Waals surface area contributed by atoms with Crippen LogP contribution in [0.5, 0.6) is 0 Å². The van der Waals surface area contributed by atoms with Crippen molar-refractivity contribution in [1.82, 2.24) is 0 Å². The van der Waals surface area contributed by atoms with E-state index in [4.69, 9.17) is 5.26 Å². The standard InChI is InChI=1S/C18H34O4S/c1-17(12-13-17)10-6-2-4-8-16(19)9-5-3-7-11-18(14-15-18)23-22-21-20/h16,19-20H,2-15H2,1H3. The van der Waals surface area contributed by atoms with Crippen LogP contribution >= 0.6 is 12.0 Å². The van der Waals surface area contributed by atoms with E-state index in [-0.39, 0.29) is 10.9 Å². The van der Waals surface area contributed by atoms with Crippen LogP contribution in [0.1, 0.15) is 96.8 Å². The fraction of sp³-hybridized carbons (Fsp3) is 1.00. The summed E-state index contributed by atoms with van der Waals surface area (Å²) in [4.78, 5) is 0. The first-order valence-electron chi connectivity index (χ1n) is 9.42. The van der Waals surface area contributed by atoms with Crippen LogP contribution in [0.3, 0.4) is 0 Å². The van der Waals surface area contributed by atoms with E-state index in [2.05, 4.69) is 16.3 Å².